The molecule has 1 saturated heterocycles. The van der Waals surface area contributed by atoms with Crippen molar-refractivity contribution in [2.75, 3.05) is 36.0 Å². The summed E-state index contributed by atoms with van der Waals surface area (Å²) in [6.07, 6.45) is 0.650. The predicted molar refractivity (Wildman–Crippen MR) is 127 cm³/mol. The zero-order chi connectivity index (χ0) is 22.5. The smallest absolute Gasteiger partial charge is 0.245 e. The Morgan fingerprint density at radius 1 is 1.10 bits per heavy atom. The Balaban J connectivity index is 1.64. The van der Waals surface area contributed by atoms with Gasteiger partial charge in [0.2, 0.25) is 15.9 Å². The van der Waals surface area contributed by atoms with Crippen molar-refractivity contribution < 1.29 is 13.2 Å². The van der Waals surface area contributed by atoms with E-state index in [4.69, 9.17) is 0 Å². The average molecular weight is 506 g/mol. The lowest BCUT2D eigenvalue weighted by atomic mass is 10.1. The van der Waals surface area contributed by atoms with E-state index in [9.17, 15) is 13.2 Å². The standard InChI is InChI=1S/C23H28BrN3O3S/c1-15-6-5-7-21(17(15)3)25-8-10-26(11-9-25)31(29,30)22-14-20(24)13-19-12-16(2)27(18(4)28)23(19)22/h5-7,13-14,16H,8-12H2,1-4H3/t16-/m1/s1. The Morgan fingerprint density at radius 3 is 2.42 bits per heavy atom. The topological polar surface area (TPSA) is 60.9 Å². The first-order valence-electron chi connectivity index (χ1n) is 10.5. The summed E-state index contributed by atoms with van der Waals surface area (Å²) in [7, 11) is -3.74. The minimum Gasteiger partial charge on any atom is -0.369 e. The number of benzene rings is 2. The molecule has 166 valence electrons. The predicted octanol–water partition coefficient (Wildman–Crippen LogP) is 3.87. The number of carbonyl (C=O) groups is 1. The van der Waals surface area contributed by atoms with Gasteiger partial charge in [-0.15, -0.1) is 0 Å². The fourth-order valence-corrected chi connectivity index (χ4v) is 7.07. The first kappa shape index (κ1) is 22.3. The molecule has 0 N–H and O–H groups in total. The molecule has 8 heteroatoms. The number of halogens is 1. The zero-order valence-corrected chi connectivity index (χ0v) is 20.8. The molecule has 2 aliphatic heterocycles. The van der Waals surface area contributed by atoms with E-state index < -0.39 is 10.0 Å². The molecule has 0 unspecified atom stereocenters. The van der Waals surface area contributed by atoms with Crippen LogP contribution in [0.3, 0.4) is 0 Å². The second-order valence-corrected chi connectivity index (χ2v) is 11.3. The monoisotopic (exact) mass is 505 g/mol. The number of anilines is 2. The molecule has 1 amide bonds. The van der Waals surface area contributed by atoms with Gasteiger partial charge in [0, 0.05) is 49.3 Å². The van der Waals surface area contributed by atoms with Crippen LogP contribution in [0.4, 0.5) is 11.4 Å². The van der Waals surface area contributed by atoms with Crippen molar-refractivity contribution in [2.24, 2.45) is 0 Å². The quantitative estimate of drug-likeness (QED) is 0.634. The van der Waals surface area contributed by atoms with Crippen LogP contribution in [-0.4, -0.2) is 50.9 Å². The summed E-state index contributed by atoms with van der Waals surface area (Å²) < 4.78 is 29.6. The molecule has 0 radical (unpaired) electrons. The fourth-order valence-electron chi connectivity index (χ4n) is 4.74. The molecule has 1 atom stereocenters. The molecule has 0 spiro atoms. The van der Waals surface area contributed by atoms with E-state index in [0.717, 1.165) is 15.7 Å². The van der Waals surface area contributed by atoms with E-state index in [1.807, 2.05) is 19.1 Å². The molecular formula is C23H28BrN3O3S. The van der Waals surface area contributed by atoms with E-state index in [2.05, 4.69) is 46.8 Å². The van der Waals surface area contributed by atoms with Crippen molar-refractivity contribution in [3.05, 3.63) is 51.5 Å². The number of fused-ring (bicyclic) bond motifs is 1. The molecule has 0 bridgehead atoms. The van der Waals surface area contributed by atoms with E-state index in [-0.39, 0.29) is 16.8 Å². The van der Waals surface area contributed by atoms with E-state index in [1.54, 1.807) is 15.3 Å². The van der Waals surface area contributed by atoms with Crippen LogP contribution >= 0.6 is 15.9 Å². The second kappa shape index (κ2) is 8.22. The maximum Gasteiger partial charge on any atom is 0.245 e. The molecule has 0 aliphatic carbocycles. The average Bonchev–Trinajstić information content (AvgIpc) is 3.05. The number of sulfonamides is 1. The Kier molecular flexibility index (Phi) is 5.91. The van der Waals surface area contributed by atoms with Gasteiger partial charge in [0.05, 0.1) is 5.69 Å². The van der Waals surface area contributed by atoms with Crippen LogP contribution in [0.1, 0.15) is 30.5 Å². The third-order valence-corrected chi connectivity index (χ3v) is 8.80. The van der Waals surface area contributed by atoms with Crippen molar-refractivity contribution >= 4 is 43.2 Å². The molecule has 2 aliphatic rings. The number of nitrogens with zero attached hydrogens (tertiary/aromatic N) is 3. The Bertz CT molecular complexity index is 1140. The first-order valence-corrected chi connectivity index (χ1v) is 12.8. The van der Waals surface area contributed by atoms with Gasteiger partial charge < -0.3 is 9.80 Å². The van der Waals surface area contributed by atoms with Crippen LogP contribution in [-0.2, 0) is 21.2 Å². The van der Waals surface area contributed by atoms with Crippen molar-refractivity contribution in [1.82, 2.24) is 4.31 Å². The molecule has 6 nitrogen and oxygen atoms in total. The van der Waals surface area contributed by atoms with Crippen LogP contribution in [0.25, 0.3) is 0 Å². The van der Waals surface area contributed by atoms with Crippen LogP contribution in [0.2, 0.25) is 0 Å². The molecule has 2 aromatic carbocycles. The third-order valence-electron chi connectivity index (χ3n) is 6.43. The molecule has 2 heterocycles. The summed E-state index contributed by atoms with van der Waals surface area (Å²) in [5.74, 6) is -0.134. The summed E-state index contributed by atoms with van der Waals surface area (Å²) in [5.41, 5.74) is 5.06. The normalized spacial score (nSPS) is 19.6. The lowest BCUT2D eigenvalue weighted by Gasteiger charge is -2.37. The third kappa shape index (κ3) is 3.90. The summed E-state index contributed by atoms with van der Waals surface area (Å²) in [4.78, 5) is 16.4. The van der Waals surface area contributed by atoms with Crippen molar-refractivity contribution in [1.29, 1.82) is 0 Å². The van der Waals surface area contributed by atoms with Crippen LogP contribution in [0.15, 0.2) is 39.7 Å². The van der Waals surface area contributed by atoms with Gasteiger partial charge in [-0.25, -0.2) is 8.42 Å². The molecule has 31 heavy (non-hydrogen) atoms. The van der Waals surface area contributed by atoms with Crippen molar-refractivity contribution in [3.63, 3.8) is 0 Å². The molecule has 0 saturated carbocycles. The van der Waals surface area contributed by atoms with E-state index in [1.165, 1.54) is 18.1 Å². The maximum absolute atomic E-state index is 13.7. The Labute approximate surface area is 193 Å². The zero-order valence-electron chi connectivity index (χ0n) is 18.4. The van der Waals surface area contributed by atoms with Gasteiger partial charge >= 0.3 is 0 Å². The molecule has 0 aromatic heterocycles. The van der Waals surface area contributed by atoms with E-state index >= 15 is 0 Å². The lowest BCUT2D eigenvalue weighted by molar-refractivity contribution is -0.116. The summed E-state index contributed by atoms with van der Waals surface area (Å²) in [5, 5.41) is 0. The number of amides is 1. The Morgan fingerprint density at radius 2 is 1.77 bits per heavy atom. The molecule has 2 aromatic rings. The molecular weight excluding hydrogens is 478 g/mol. The number of rotatable bonds is 3. The van der Waals surface area contributed by atoms with Gasteiger partial charge in [0.15, 0.2) is 0 Å². The largest absolute Gasteiger partial charge is 0.369 e. The van der Waals surface area contributed by atoms with Gasteiger partial charge in [0.1, 0.15) is 4.90 Å². The van der Waals surface area contributed by atoms with Gasteiger partial charge in [-0.3, -0.25) is 4.79 Å². The number of hydrogen-bond acceptors (Lipinski definition) is 4. The highest BCUT2D eigenvalue weighted by atomic mass is 79.9. The van der Waals surface area contributed by atoms with Crippen LogP contribution < -0.4 is 9.80 Å². The summed E-state index contributed by atoms with van der Waals surface area (Å²) in [6.45, 7) is 9.73. The summed E-state index contributed by atoms with van der Waals surface area (Å²) in [6, 6.07) is 9.74. The number of aryl methyl sites for hydroxylation is 1. The number of piperazine rings is 1. The number of hydrogen-bond donors (Lipinski definition) is 0. The van der Waals surface area contributed by atoms with Gasteiger partial charge in [-0.2, -0.15) is 4.31 Å². The maximum atomic E-state index is 13.7. The van der Waals surface area contributed by atoms with Crippen LogP contribution in [0, 0.1) is 13.8 Å². The van der Waals surface area contributed by atoms with Gasteiger partial charge in [0.25, 0.3) is 0 Å². The molecule has 1 fully saturated rings. The molecule has 4 rings (SSSR count). The van der Waals surface area contributed by atoms with Crippen molar-refractivity contribution in [3.8, 4) is 0 Å². The van der Waals surface area contributed by atoms with Gasteiger partial charge in [-0.1, -0.05) is 28.1 Å². The van der Waals surface area contributed by atoms with Crippen LogP contribution in [0.5, 0.6) is 0 Å². The fraction of sp³-hybridized carbons (Fsp3) is 0.435. The SMILES string of the molecule is CC(=O)N1c2c(cc(Br)cc2S(=O)(=O)N2CCN(c3cccc(C)c3C)CC2)C[C@H]1C. The highest BCUT2D eigenvalue weighted by Crippen LogP contribution is 2.41. The van der Waals surface area contributed by atoms with E-state index in [0.29, 0.717) is 38.3 Å². The second-order valence-electron chi connectivity index (χ2n) is 8.46. The highest BCUT2D eigenvalue weighted by Gasteiger charge is 2.38. The highest BCUT2D eigenvalue weighted by molar-refractivity contribution is 9.10. The Hall–Kier alpha value is -1.90. The minimum atomic E-state index is -3.74. The van der Waals surface area contributed by atoms with Crippen molar-refractivity contribution in [2.45, 2.75) is 45.1 Å². The minimum absolute atomic E-state index is 0.0584. The number of carbonyl (C=O) groups excluding carboxylic acids is 1. The first-order chi connectivity index (χ1) is 14.6. The summed E-state index contributed by atoms with van der Waals surface area (Å²) >= 11 is 3.47. The van der Waals surface area contributed by atoms with Gasteiger partial charge in [-0.05, 0) is 62.1 Å². The lowest BCUT2D eigenvalue weighted by Crippen LogP contribution is -2.49.